The molecule has 0 aromatic heterocycles. The second-order valence-electron chi connectivity index (χ2n) is 3.39. The molecular formula is C12H12F2N2O. The number of carbonyl (C=O) groups excluding carboxylic acids is 1. The summed E-state index contributed by atoms with van der Waals surface area (Å²) in [5.41, 5.74) is 4.33. The summed E-state index contributed by atoms with van der Waals surface area (Å²) in [6, 6.07) is 2.02. The number of carbonyl (C=O) groups is 1. The van der Waals surface area contributed by atoms with Gasteiger partial charge < -0.3 is 11.1 Å². The molecule has 1 amide bonds. The van der Waals surface area contributed by atoms with Crippen LogP contribution in [0, 0.1) is 24.0 Å². The highest BCUT2D eigenvalue weighted by molar-refractivity contribution is 5.95. The number of terminal acetylenes is 1. The average Bonchev–Trinajstić information content (AvgIpc) is 2.30. The highest BCUT2D eigenvalue weighted by Gasteiger charge is 2.18. The van der Waals surface area contributed by atoms with Gasteiger partial charge in [0.2, 0.25) is 0 Å². The van der Waals surface area contributed by atoms with Crippen LogP contribution >= 0.6 is 0 Å². The van der Waals surface area contributed by atoms with Crippen LogP contribution in [-0.4, -0.2) is 12.5 Å². The lowest BCUT2D eigenvalue weighted by Gasteiger charge is -2.07. The van der Waals surface area contributed by atoms with Gasteiger partial charge in [0, 0.05) is 13.0 Å². The zero-order valence-corrected chi connectivity index (χ0v) is 9.09. The Bertz CT molecular complexity index is 466. The number of nitrogens with one attached hydrogen (secondary N) is 1. The van der Waals surface area contributed by atoms with Crippen molar-refractivity contribution < 1.29 is 13.6 Å². The van der Waals surface area contributed by atoms with Gasteiger partial charge in [-0.3, -0.25) is 4.79 Å². The van der Waals surface area contributed by atoms with Crippen LogP contribution in [0.4, 0.5) is 14.5 Å². The summed E-state index contributed by atoms with van der Waals surface area (Å²) in [4.78, 5) is 11.5. The first-order chi connectivity index (χ1) is 8.07. The predicted octanol–water partition coefficient (Wildman–Crippen LogP) is 1.69. The van der Waals surface area contributed by atoms with E-state index in [4.69, 9.17) is 12.2 Å². The molecular weight excluding hydrogens is 226 g/mol. The predicted molar refractivity (Wildman–Crippen MR) is 61.2 cm³/mol. The first kappa shape index (κ1) is 13.0. The Labute approximate surface area is 98.0 Å². The summed E-state index contributed by atoms with van der Waals surface area (Å²) in [7, 11) is 0. The Kier molecular flexibility index (Phi) is 4.46. The molecule has 1 aromatic rings. The van der Waals surface area contributed by atoms with Crippen molar-refractivity contribution in [1.29, 1.82) is 0 Å². The fourth-order valence-corrected chi connectivity index (χ4v) is 1.26. The summed E-state index contributed by atoms with van der Waals surface area (Å²) >= 11 is 0. The number of hydrogen-bond donors (Lipinski definition) is 2. The van der Waals surface area contributed by atoms with E-state index in [1.54, 1.807) is 0 Å². The molecule has 0 spiro atoms. The molecule has 1 rings (SSSR count). The normalized spacial score (nSPS) is 9.71. The second-order valence-corrected chi connectivity index (χ2v) is 3.39. The molecule has 0 fully saturated rings. The van der Waals surface area contributed by atoms with E-state index in [-0.39, 0.29) is 12.2 Å². The van der Waals surface area contributed by atoms with E-state index in [2.05, 4.69) is 11.2 Å². The average molecular weight is 238 g/mol. The van der Waals surface area contributed by atoms with E-state index >= 15 is 0 Å². The number of anilines is 1. The van der Waals surface area contributed by atoms with E-state index in [9.17, 15) is 13.6 Å². The maximum atomic E-state index is 13.4. The van der Waals surface area contributed by atoms with Crippen molar-refractivity contribution in [3.8, 4) is 12.3 Å². The van der Waals surface area contributed by atoms with Gasteiger partial charge in [0.25, 0.3) is 5.91 Å². The van der Waals surface area contributed by atoms with Crippen LogP contribution in [0.25, 0.3) is 0 Å². The zero-order valence-electron chi connectivity index (χ0n) is 9.09. The van der Waals surface area contributed by atoms with Crippen molar-refractivity contribution in [2.45, 2.75) is 12.8 Å². The molecule has 3 nitrogen and oxygen atoms in total. The number of nitrogens with two attached hydrogens (primary N) is 1. The maximum absolute atomic E-state index is 13.4. The molecule has 0 aliphatic heterocycles. The lowest BCUT2D eigenvalue weighted by Crippen LogP contribution is -2.26. The van der Waals surface area contributed by atoms with Crippen molar-refractivity contribution >= 4 is 11.6 Å². The zero-order chi connectivity index (χ0) is 12.8. The number of rotatable bonds is 4. The van der Waals surface area contributed by atoms with Crippen LogP contribution in [0.1, 0.15) is 23.2 Å². The minimum absolute atomic E-state index is 0.261. The van der Waals surface area contributed by atoms with E-state index in [0.29, 0.717) is 12.8 Å². The number of unbranched alkanes of at least 4 members (excludes halogenated alkanes) is 1. The molecule has 0 aliphatic rings. The van der Waals surface area contributed by atoms with Gasteiger partial charge in [-0.15, -0.1) is 12.3 Å². The Balaban J connectivity index is 2.76. The number of hydrogen-bond acceptors (Lipinski definition) is 2. The van der Waals surface area contributed by atoms with Crippen molar-refractivity contribution in [2.75, 3.05) is 12.3 Å². The van der Waals surface area contributed by atoms with Gasteiger partial charge in [-0.2, -0.15) is 0 Å². The van der Waals surface area contributed by atoms with Crippen molar-refractivity contribution in [3.63, 3.8) is 0 Å². The molecule has 0 aliphatic carbocycles. The second kappa shape index (κ2) is 5.85. The minimum Gasteiger partial charge on any atom is -0.396 e. The SMILES string of the molecule is C#CCCCNC(=O)c1c(F)ccc(N)c1F. The van der Waals surface area contributed by atoms with Gasteiger partial charge in [-0.05, 0) is 18.6 Å². The minimum atomic E-state index is -1.04. The third kappa shape index (κ3) is 3.18. The summed E-state index contributed by atoms with van der Waals surface area (Å²) < 4.78 is 26.7. The van der Waals surface area contributed by atoms with Gasteiger partial charge in [-0.25, -0.2) is 8.78 Å². The van der Waals surface area contributed by atoms with Crippen LogP contribution in [0.3, 0.4) is 0 Å². The van der Waals surface area contributed by atoms with Crippen LogP contribution < -0.4 is 11.1 Å². The van der Waals surface area contributed by atoms with Gasteiger partial charge in [-0.1, -0.05) is 0 Å². The van der Waals surface area contributed by atoms with Crippen molar-refractivity contribution in [1.82, 2.24) is 5.32 Å². The van der Waals surface area contributed by atoms with E-state index in [1.807, 2.05) is 0 Å². The lowest BCUT2D eigenvalue weighted by atomic mass is 10.1. The number of nitrogen functional groups attached to an aromatic ring is 1. The van der Waals surface area contributed by atoms with E-state index in [1.165, 1.54) is 0 Å². The fourth-order valence-electron chi connectivity index (χ4n) is 1.26. The van der Waals surface area contributed by atoms with Gasteiger partial charge >= 0.3 is 0 Å². The Morgan fingerprint density at radius 2 is 2.18 bits per heavy atom. The molecule has 0 atom stereocenters. The van der Waals surface area contributed by atoms with E-state index < -0.39 is 23.1 Å². The third-order valence-electron chi connectivity index (χ3n) is 2.13. The van der Waals surface area contributed by atoms with Crippen molar-refractivity contribution in [2.24, 2.45) is 0 Å². The maximum Gasteiger partial charge on any atom is 0.257 e. The number of amides is 1. The van der Waals surface area contributed by atoms with Crippen LogP contribution in [-0.2, 0) is 0 Å². The first-order valence-electron chi connectivity index (χ1n) is 5.03. The van der Waals surface area contributed by atoms with Gasteiger partial charge in [0.05, 0.1) is 5.69 Å². The van der Waals surface area contributed by atoms with Crippen LogP contribution in [0.15, 0.2) is 12.1 Å². The largest absolute Gasteiger partial charge is 0.396 e. The van der Waals surface area contributed by atoms with Gasteiger partial charge in [0.15, 0.2) is 5.82 Å². The highest BCUT2D eigenvalue weighted by Crippen LogP contribution is 2.18. The molecule has 0 unspecified atom stereocenters. The molecule has 0 heterocycles. The molecule has 0 bridgehead atoms. The third-order valence-corrected chi connectivity index (χ3v) is 2.13. The fraction of sp³-hybridized carbons (Fsp3) is 0.250. The van der Waals surface area contributed by atoms with Crippen molar-refractivity contribution in [3.05, 3.63) is 29.3 Å². The molecule has 5 heteroatoms. The Hall–Kier alpha value is -2.09. The van der Waals surface area contributed by atoms with E-state index in [0.717, 1.165) is 12.1 Å². The summed E-state index contributed by atoms with van der Waals surface area (Å²) in [5.74, 6) is -0.417. The summed E-state index contributed by atoms with van der Waals surface area (Å²) in [6.07, 6.45) is 6.06. The molecule has 0 saturated carbocycles. The van der Waals surface area contributed by atoms with Crippen LogP contribution in [0.5, 0.6) is 0 Å². The topological polar surface area (TPSA) is 55.1 Å². The monoisotopic (exact) mass is 238 g/mol. The summed E-state index contributed by atoms with van der Waals surface area (Å²) in [5, 5.41) is 2.37. The highest BCUT2D eigenvalue weighted by atomic mass is 19.1. The molecule has 0 saturated heterocycles. The summed E-state index contributed by atoms with van der Waals surface area (Å²) in [6.45, 7) is 0.261. The smallest absolute Gasteiger partial charge is 0.257 e. The quantitative estimate of drug-likeness (QED) is 0.476. The van der Waals surface area contributed by atoms with Crippen LogP contribution in [0.2, 0.25) is 0 Å². The number of halogens is 2. The first-order valence-corrected chi connectivity index (χ1v) is 5.03. The Morgan fingerprint density at radius 3 is 2.82 bits per heavy atom. The molecule has 3 N–H and O–H groups in total. The molecule has 17 heavy (non-hydrogen) atoms. The number of benzene rings is 1. The van der Waals surface area contributed by atoms with Gasteiger partial charge in [0.1, 0.15) is 11.4 Å². The molecule has 90 valence electrons. The lowest BCUT2D eigenvalue weighted by molar-refractivity contribution is 0.0945. The Morgan fingerprint density at radius 1 is 1.47 bits per heavy atom. The standard InChI is InChI=1S/C12H12F2N2O/c1-2-3-4-7-16-12(17)10-8(13)5-6-9(15)11(10)14/h1,5-6H,3-4,7,15H2,(H,16,17). The molecule has 1 aromatic carbocycles. The molecule has 0 radical (unpaired) electrons.